The predicted molar refractivity (Wildman–Crippen MR) is 80.2 cm³/mol. The van der Waals surface area contributed by atoms with Crippen LogP contribution in [0.25, 0.3) is 0 Å². The van der Waals surface area contributed by atoms with Crippen molar-refractivity contribution in [1.29, 1.82) is 0 Å². The largest absolute Gasteiger partial charge is 1.00 e. The Morgan fingerprint density at radius 3 is 1.29 bits per heavy atom. The Labute approximate surface area is 142 Å². The Hall–Kier alpha value is 0.634. The molecule has 122 valence electrons. The Bertz CT molecular complexity index is 505. The normalized spacial score (nSPS) is 15.4. The maximum absolute atomic E-state index is 12.1. The van der Waals surface area contributed by atoms with E-state index in [9.17, 15) is 21.4 Å². The summed E-state index contributed by atoms with van der Waals surface area (Å²) in [5.41, 5.74) is -0.0866. The first-order valence-corrected chi connectivity index (χ1v) is 11.7. The molecule has 0 heterocycles. The fourth-order valence-corrected chi connectivity index (χ4v) is 12.7. The van der Waals surface area contributed by atoms with Crippen molar-refractivity contribution >= 4 is 28.6 Å². The maximum atomic E-state index is 12.1. The summed E-state index contributed by atoms with van der Waals surface area (Å²) >= 11 is 0. The van der Waals surface area contributed by atoms with Gasteiger partial charge in [0.05, 0.1) is 0 Å². The molecule has 0 N–H and O–H groups in total. The van der Waals surface area contributed by atoms with Gasteiger partial charge in [-0.2, -0.15) is 8.42 Å². The van der Waals surface area contributed by atoms with Gasteiger partial charge in [0.2, 0.25) is 8.32 Å². The van der Waals surface area contributed by atoms with Crippen LogP contribution in [0.2, 0.25) is 16.6 Å². The van der Waals surface area contributed by atoms with Crippen LogP contribution >= 0.6 is 0 Å². The number of hydrogen-bond acceptors (Lipinski definition) is 6. The Morgan fingerprint density at radius 2 is 1.10 bits per heavy atom. The van der Waals surface area contributed by atoms with Gasteiger partial charge in [0.15, 0.2) is 4.58 Å². The number of rotatable bonds is 7. The summed E-state index contributed by atoms with van der Waals surface area (Å²) in [7, 11) is -12.2. The van der Waals surface area contributed by atoms with E-state index in [2.05, 4.69) is 0 Å². The van der Waals surface area contributed by atoms with E-state index in [1.54, 1.807) is 0 Å². The average Bonchev–Trinajstić information content (AvgIpc) is 2.22. The molecule has 0 aliphatic heterocycles. The summed E-state index contributed by atoms with van der Waals surface area (Å²) < 4.78 is 60.5. The van der Waals surface area contributed by atoms with Crippen LogP contribution in [0.1, 0.15) is 48.5 Å². The quantitative estimate of drug-likeness (QED) is 0.448. The molecule has 0 aliphatic carbocycles. The summed E-state index contributed by atoms with van der Waals surface area (Å²) in [6.07, 6.45) is 0. The van der Waals surface area contributed by atoms with E-state index in [0.29, 0.717) is 0 Å². The van der Waals surface area contributed by atoms with Gasteiger partial charge >= 0.3 is 18.9 Å². The molecule has 6 nitrogen and oxygen atoms in total. The summed E-state index contributed by atoms with van der Waals surface area (Å²) in [6.45, 7) is 12.1. The minimum atomic E-state index is -4.95. The van der Waals surface area contributed by atoms with E-state index in [-0.39, 0.29) is 35.5 Å². The van der Waals surface area contributed by atoms with E-state index in [0.717, 1.165) is 6.92 Å². The maximum Gasteiger partial charge on any atom is 1.00 e. The minimum absolute atomic E-state index is 0. The molecular weight excluding hydrogens is 327 g/mol. The van der Waals surface area contributed by atoms with Gasteiger partial charge in [0, 0.05) is 0 Å². The second-order valence-electron chi connectivity index (χ2n) is 5.95. The van der Waals surface area contributed by atoms with Gasteiger partial charge in [-0.3, -0.25) is 0 Å². The van der Waals surface area contributed by atoms with Gasteiger partial charge < -0.3 is 8.42 Å². The van der Waals surface area contributed by atoms with Crippen molar-refractivity contribution in [2.75, 3.05) is 0 Å². The SMILES string of the molecule is CC(C)[Si](OS(=O)(=O)C(C)S(=O)(=O)[O-])(C(C)C)C(C)C.[Li+]. The fraction of sp³-hybridized carbons (Fsp3) is 1.00. The molecule has 0 fully saturated rings. The van der Waals surface area contributed by atoms with Gasteiger partial charge in [0.25, 0.3) is 10.1 Å². The van der Waals surface area contributed by atoms with Crippen molar-refractivity contribution < 1.29 is 44.1 Å². The zero-order valence-corrected chi connectivity index (χ0v) is 16.7. The van der Waals surface area contributed by atoms with Crippen molar-refractivity contribution in [1.82, 2.24) is 0 Å². The third kappa shape index (κ3) is 5.34. The topological polar surface area (TPSA) is 101 Å². The average molecular weight is 352 g/mol. The van der Waals surface area contributed by atoms with E-state index < -0.39 is 33.1 Å². The van der Waals surface area contributed by atoms with Crippen LogP contribution in [0.4, 0.5) is 0 Å². The fourth-order valence-electron chi connectivity index (χ4n) is 2.70. The second-order valence-corrected chi connectivity index (χ2v) is 15.5. The van der Waals surface area contributed by atoms with Crippen molar-refractivity contribution in [2.24, 2.45) is 0 Å². The van der Waals surface area contributed by atoms with Gasteiger partial charge in [0.1, 0.15) is 10.1 Å². The van der Waals surface area contributed by atoms with E-state index in [4.69, 9.17) is 3.87 Å². The summed E-state index contributed by atoms with van der Waals surface area (Å²) in [4.78, 5) is 0. The standard InChI is InChI=1S/C11H26O6S2Si.Li/c1-8(2)20(9(3)4,10(5)6)17-19(15,16)11(7)18(12,13)14;/h8-11H,1-7H3,(H,12,13,14);/q;+1/p-1. The van der Waals surface area contributed by atoms with Crippen LogP contribution in [0, 0.1) is 0 Å². The Balaban J connectivity index is 0. The molecule has 0 aliphatic rings. The van der Waals surface area contributed by atoms with Crippen molar-refractivity contribution in [3.8, 4) is 0 Å². The van der Waals surface area contributed by atoms with Crippen LogP contribution in [0.3, 0.4) is 0 Å². The van der Waals surface area contributed by atoms with E-state index >= 15 is 0 Å². The van der Waals surface area contributed by atoms with E-state index in [1.807, 2.05) is 41.5 Å². The molecule has 0 amide bonds. The van der Waals surface area contributed by atoms with Crippen LogP contribution in [-0.4, -0.2) is 34.3 Å². The summed E-state index contributed by atoms with van der Waals surface area (Å²) in [5, 5.41) is 0. The van der Waals surface area contributed by atoms with Crippen molar-refractivity contribution in [3.63, 3.8) is 0 Å². The minimum Gasteiger partial charge on any atom is -0.747 e. The monoisotopic (exact) mass is 352 g/mol. The van der Waals surface area contributed by atoms with Gasteiger partial charge in [-0.15, -0.1) is 0 Å². The molecule has 21 heavy (non-hydrogen) atoms. The molecule has 1 unspecified atom stereocenters. The first-order chi connectivity index (χ1) is 8.69. The molecule has 0 aromatic heterocycles. The molecule has 1 atom stereocenters. The molecule has 0 rings (SSSR count). The molecule has 0 aromatic rings. The summed E-state index contributed by atoms with van der Waals surface area (Å²) in [5.74, 6) is 0. The van der Waals surface area contributed by atoms with Crippen LogP contribution in [-0.2, 0) is 24.1 Å². The Kier molecular flexibility index (Phi) is 9.04. The first kappa shape index (κ1) is 23.9. The molecule has 0 saturated heterocycles. The van der Waals surface area contributed by atoms with Crippen molar-refractivity contribution in [3.05, 3.63) is 0 Å². The molecule has 0 aromatic carbocycles. The predicted octanol–water partition coefficient (Wildman–Crippen LogP) is -0.596. The first-order valence-electron chi connectivity index (χ1n) is 6.58. The van der Waals surface area contributed by atoms with Gasteiger partial charge in [-0.05, 0) is 23.5 Å². The second kappa shape index (κ2) is 7.95. The Morgan fingerprint density at radius 1 is 0.810 bits per heavy atom. The molecule has 0 saturated carbocycles. The zero-order chi connectivity index (χ0) is 16.5. The van der Waals surface area contributed by atoms with Gasteiger partial charge in [-0.1, -0.05) is 41.5 Å². The molecular formula is C11H25LiO6S2Si. The zero-order valence-electron chi connectivity index (χ0n) is 14.1. The van der Waals surface area contributed by atoms with Crippen LogP contribution < -0.4 is 18.9 Å². The number of hydrogen-bond donors (Lipinski definition) is 0. The molecule has 10 heteroatoms. The molecule has 0 bridgehead atoms. The van der Waals surface area contributed by atoms with Gasteiger partial charge in [-0.25, -0.2) is 8.42 Å². The van der Waals surface area contributed by atoms with Crippen LogP contribution in [0.5, 0.6) is 0 Å². The molecule has 0 radical (unpaired) electrons. The third-order valence-corrected chi connectivity index (χ3v) is 14.3. The summed E-state index contributed by atoms with van der Waals surface area (Å²) in [6, 6.07) is 0. The van der Waals surface area contributed by atoms with Crippen molar-refractivity contribution in [2.45, 2.75) is 69.7 Å². The van der Waals surface area contributed by atoms with E-state index in [1.165, 1.54) is 0 Å². The third-order valence-electron chi connectivity index (χ3n) is 3.78. The van der Waals surface area contributed by atoms with Crippen LogP contribution in [0.15, 0.2) is 0 Å². The molecule has 0 spiro atoms. The smallest absolute Gasteiger partial charge is 0.747 e.